The molecule has 1 fully saturated rings. The topological polar surface area (TPSA) is 42.7 Å². The van der Waals surface area contributed by atoms with Crippen molar-refractivity contribution in [3.63, 3.8) is 0 Å². The van der Waals surface area contributed by atoms with Gasteiger partial charge in [0.2, 0.25) is 0 Å². The molecule has 2 aliphatic heterocycles. The van der Waals surface area contributed by atoms with Crippen molar-refractivity contribution in [1.82, 2.24) is 20.1 Å². The van der Waals surface area contributed by atoms with Gasteiger partial charge in [-0.3, -0.25) is 0 Å². The van der Waals surface area contributed by atoms with Gasteiger partial charge in [0, 0.05) is 24.9 Å². The summed E-state index contributed by atoms with van der Waals surface area (Å²) < 4.78 is 2.36. The lowest BCUT2D eigenvalue weighted by atomic mass is 9.83. The predicted molar refractivity (Wildman–Crippen MR) is 57.8 cm³/mol. The van der Waals surface area contributed by atoms with E-state index in [1.165, 1.54) is 24.5 Å². The van der Waals surface area contributed by atoms with Gasteiger partial charge in [0.1, 0.15) is 11.6 Å². The maximum atomic E-state index is 4.44. The lowest BCUT2D eigenvalue weighted by molar-refractivity contribution is 0.404. The van der Waals surface area contributed by atoms with Gasteiger partial charge in [-0.2, -0.15) is 0 Å². The first kappa shape index (κ1) is 9.33. The molecule has 4 heteroatoms. The molecule has 15 heavy (non-hydrogen) atoms. The van der Waals surface area contributed by atoms with E-state index in [0.29, 0.717) is 0 Å². The van der Waals surface area contributed by atoms with Gasteiger partial charge in [-0.15, -0.1) is 10.2 Å². The van der Waals surface area contributed by atoms with Crippen molar-refractivity contribution < 1.29 is 0 Å². The van der Waals surface area contributed by atoms with Crippen molar-refractivity contribution in [1.29, 1.82) is 0 Å². The molecule has 0 saturated carbocycles. The summed E-state index contributed by atoms with van der Waals surface area (Å²) in [6, 6.07) is 0. The molecule has 2 aliphatic rings. The van der Waals surface area contributed by atoms with Crippen LogP contribution in [0.2, 0.25) is 0 Å². The number of hydrogen-bond acceptors (Lipinski definition) is 3. The van der Waals surface area contributed by atoms with Crippen LogP contribution in [0.4, 0.5) is 0 Å². The molecule has 82 valence electrons. The van der Waals surface area contributed by atoms with E-state index in [-0.39, 0.29) is 5.41 Å². The zero-order chi connectivity index (χ0) is 10.3. The van der Waals surface area contributed by atoms with Crippen molar-refractivity contribution in [2.75, 3.05) is 13.1 Å². The number of nitrogens with one attached hydrogen (secondary N) is 1. The van der Waals surface area contributed by atoms with Crippen LogP contribution >= 0.6 is 0 Å². The van der Waals surface area contributed by atoms with Crippen LogP contribution in [0.3, 0.4) is 0 Å². The highest BCUT2D eigenvalue weighted by molar-refractivity contribution is 5.16. The summed E-state index contributed by atoms with van der Waals surface area (Å²) in [5.74, 6) is 2.44. The van der Waals surface area contributed by atoms with E-state index in [1.807, 2.05) is 0 Å². The normalized spacial score (nSPS) is 29.7. The molecule has 3 rings (SSSR count). The molecule has 1 saturated heterocycles. The summed E-state index contributed by atoms with van der Waals surface area (Å²) in [6.07, 6.45) is 4.73. The van der Waals surface area contributed by atoms with E-state index in [4.69, 9.17) is 0 Å². The molecule has 3 heterocycles. The minimum absolute atomic E-state index is 0.260. The molecule has 1 N–H and O–H groups in total. The second-order valence-electron chi connectivity index (χ2n) is 4.76. The molecule has 0 radical (unpaired) electrons. The van der Waals surface area contributed by atoms with E-state index in [9.17, 15) is 0 Å². The lowest BCUT2D eigenvalue weighted by Crippen LogP contribution is -2.31. The Kier molecular flexibility index (Phi) is 2.06. The third-order valence-corrected chi connectivity index (χ3v) is 4.00. The minimum Gasteiger partial charge on any atom is -0.316 e. The van der Waals surface area contributed by atoms with Crippen molar-refractivity contribution in [2.24, 2.45) is 0 Å². The second kappa shape index (κ2) is 3.30. The van der Waals surface area contributed by atoms with Gasteiger partial charge in [0.05, 0.1) is 0 Å². The highest BCUT2D eigenvalue weighted by atomic mass is 15.3. The summed E-state index contributed by atoms with van der Waals surface area (Å²) in [5, 5.41) is 12.2. The molecule has 0 bridgehead atoms. The zero-order valence-corrected chi connectivity index (χ0v) is 9.29. The summed E-state index contributed by atoms with van der Waals surface area (Å²) in [6.45, 7) is 5.58. The smallest absolute Gasteiger partial charge is 0.140 e. The highest BCUT2D eigenvalue weighted by Crippen LogP contribution is 2.34. The van der Waals surface area contributed by atoms with Gasteiger partial charge in [-0.1, -0.05) is 6.92 Å². The quantitative estimate of drug-likeness (QED) is 0.780. The molecule has 1 atom stereocenters. The van der Waals surface area contributed by atoms with Crippen LogP contribution in [0.15, 0.2) is 0 Å². The maximum Gasteiger partial charge on any atom is 0.140 e. The first-order valence-corrected chi connectivity index (χ1v) is 5.99. The van der Waals surface area contributed by atoms with Crippen LogP contribution in [0.5, 0.6) is 0 Å². The molecule has 0 amide bonds. The Labute approximate surface area is 90.1 Å². The second-order valence-corrected chi connectivity index (χ2v) is 4.76. The van der Waals surface area contributed by atoms with Gasteiger partial charge >= 0.3 is 0 Å². The van der Waals surface area contributed by atoms with Crippen LogP contribution in [0.1, 0.15) is 37.8 Å². The van der Waals surface area contributed by atoms with Crippen LogP contribution in [-0.4, -0.2) is 27.9 Å². The summed E-state index contributed by atoms with van der Waals surface area (Å²) in [5.41, 5.74) is 0.260. The van der Waals surface area contributed by atoms with E-state index in [1.54, 1.807) is 0 Å². The average molecular weight is 206 g/mol. The maximum absolute atomic E-state index is 4.44. The van der Waals surface area contributed by atoms with Gasteiger partial charge in [0.15, 0.2) is 0 Å². The number of aromatic nitrogens is 3. The zero-order valence-electron chi connectivity index (χ0n) is 9.29. The first-order valence-electron chi connectivity index (χ1n) is 5.99. The van der Waals surface area contributed by atoms with Crippen molar-refractivity contribution in [3.8, 4) is 0 Å². The third-order valence-electron chi connectivity index (χ3n) is 4.00. The summed E-state index contributed by atoms with van der Waals surface area (Å²) >= 11 is 0. The number of hydrogen-bond donors (Lipinski definition) is 1. The molecule has 0 aliphatic carbocycles. The Morgan fingerprint density at radius 1 is 1.47 bits per heavy atom. The number of rotatable bonds is 2. The standard InChI is InChI=1S/C11H18N4/c1-2-11(5-6-12-8-11)10-14-13-9-4-3-7-15(9)10/h12H,2-8H2,1H3. The fourth-order valence-electron chi connectivity index (χ4n) is 2.94. The Morgan fingerprint density at radius 2 is 2.40 bits per heavy atom. The number of fused-ring (bicyclic) bond motifs is 1. The van der Waals surface area contributed by atoms with Gasteiger partial charge in [0.25, 0.3) is 0 Å². The Hall–Kier alpha value is -0.900. The van der Waals surface area contributed by atoms with Gasteiger partial charge in [-0.05, 0) is 25.8 Å². The van der Waals surface area contributed by atoms with Gasteiger partial charge < -0.3 is 9.88 Å². The number of nitrogens with zero attached hydrogens (tertiary/aromatic N) is 3. The summed E-state index contributed by atoms with van der Waals surface area (Å²) in [4.78, 5) is 0. The molecular weight excluding hydrogens is 188 g/mol. The van der Waals surface area contributed by atoms with Crippen LogP contribution in [0.25, 0.3) is 0 Å². The molecule has 0 aromatic carbocycles. The first-order chi connectivity index (χ1) is 7.36. The molecule has 1 aromatic heterocycles. The Balaban J connectivity index is 2.03. The summed E-state index contributed by atoms with van der Waals surface area (Å²) in [7, 11) is 0. The van der Waals surface area contributed by atoms with Gasteiger partial charge in [-0.25, -0.2) is 0 Å². The van der Waals surface area contributed by atoms with Crippen molar-refractivity contribution in [2.45, 2.75) is 44.6 Å². The van der Waals surface area contributed by atoms with E-state index < -0.39 is 0 Å². The average Bonchev–Trinajstić information content (AvgIpc) is 2.93. The lowest BCUT2D eigenvalue weighted by Gasteiger charge is -2.25. The Morgan fingerprint density at radius 3 is 3.13 bits per heavy atom. The molecular formula is C11H18N4. The van der Waals surface area contributed by atoms with Crippen molar-refractivity contribution >= 4 is 0 Å². The fraction of sp³-hybridized carbons (Fsp3) is 0.818. The third kappa shape index (κ3) is 1.24. The molecule has 4 nitrogen and oxygen atoms in total. The monoisotopic (exact) mass is 206 g/mol. The van der Waals surface area contributed by atoms with Crippen LogP contribution in [-0.2, 0) is 18.4 Å². The van der Waals surface area contributed by atoms with Crippen molar-refractivity contribution in [3.05, 3.63) is 11.6 Å². The Bertz CT molecular complexity index is 363. The fourth-order valence-corrected chi connectivity index (χ4v) is 2.94. The minimum atomic E-state index is 0.260. The SMILES string of the molecule is CCC1(c2nnc3n2CCC3)CCNC1. The largest absolute Gasteiger partial charge is 0.316 e. The van der Waals surface area contributed by atoms with Crippen LogP contribution in [0, 0.1) is 0 Å². The van der Waals surface area contributed by atoms with E-state index in [0.717, 1.165) is 32.5 Å². The highest BCUT2D eigenvalue weighted by Gasteiger charge is 2.39. The van der Waals surface area contributed by atoms with E-state index in [2.05, 4.69) is 27.0 Å². The van der Waals surface area contributed by atoms with Crippen LogP contribution < -0.4 is 5.32 Å². The van der Waals surface area contributed by atoms with E-state index >= 15 is 0 Å². The molecule has 1 unspecified atom stereocenters. The molecule has 1 aromatic rings. The predicted octanol–water partition coefficient (Wildman–Crippen LogP) is 0.865. The number of aryl methyl sites for hydroxylation is 1. The molecule has 0 spiro atoms.